The molecule has 0 aliphatic carbocycles. The maximum atomic E-state index is 11.7. The van der Waals surface area contributed by atoms with E-state index in [4.69, 9.17) is 0 Å². The molecule has 0 aromatic heterocycles. The molecule has 3 nitrogen and oxygen atoms in total. The third kappa shape index (κ3) is 4.85. The fraction of sp³-hybridized carbons (Fsp3) is 0.118. The van der Waals surface area contributed by atoms with Crippen LogP contribution in [0, 0.1) is 0 Å². The number of aliphatic hydroxyl groups is 1. The first-order valence-corrected chi connectivity index (χ1v) is 7.39. The number of benzene rings is 2. The van der Waals surface area contributed by atoms with Crippen molar-refractivity contribution in [1.82, 2.24) is 5.32 Å². The molecule has 1 atom stereocenters. The van der Waals surface area contributed by atoms with Crippen molar-refractivity contribution in [2.24, 2.45) is 0 Å². The number of hydrogen-bond donors (Lipinski definition) is 2. The number of rotatable bonds is 5. The Hall–Kier alpha value is -1.91. The van der Waals surface area contributed by atoms with Crippen molar-refractivity contribution in [1.29, 1.82) is 0 Å². The summed E-state index contributed by atoms with van der Waals surface area (Å²) in [5, 5.41) is 12.6. The van der Waals surface area contributed by atoms with E-state index in [9.17, 15) is 9.90 Å². The summed E-state index contributed by atoms with van der Waals surface area (Å²) in [6, 6.07) is 16.9. The summed E-state index contributed by atoms with van der Waals surface area (Å²) >= 11 is 3.42. The highest BCUT2D eigenvalue weighted by molar-refractivity contribution is 9.10. The fourth-order valence-corrected chi connectivity index (χ4v) is 2.24. The van der Waals surface area contributed by atoms with Crippen LogP contribution in [0.25, 0.3) is 6.08 Å². The van der Waals surface area contributed by atoms with Crippen LogP contribution in [0.3, 0.4) is 0 Å². The van der Waals surface area contributed by atoms with Gasteiger partial charge in [-0.25, -0.2) is 0 Å². The first kappa shape index (κ1) is 15.5. The van der Waals surface area contributed by atoms with Gasteiger partial charge in [0, 0.05) is 17.1 Å². The third-order valence-electron chi connectivity index (χ3n) is 2.97. The van der Waals surface area contributed by atoms with Crippen molar-refractivity contribution in [2.75, 3.05) is 6.54 Å². The topological polar surface area (TPSA) is 49.3 Å². The van der Waals surface area contributed by atoms with Gasteiger partial charge in [-0.3, -0.25) is 4.79 Å². The average Bonchev–Trinajstić information content (AvgIpc) is 2.52. The Balaban J connectivity index is 1.87. The molecule has 2 aromatic rings. The molecule has 0 radical (unpaired) electrons. The highest BCUT2D eigenvalue weighted by Crippen LogP contribution is 2.17. The molecule has 0 spiro atoms. The summed E-state index contributed by atoms with van der Waals surface area (Å²) in [5.74, 6) is -0.235. The van der Waals surface area contributed by atoms with E-state index in [0.29, 0.717) is 0 Å². The van der Waals surface area contributed by atoms with Crippen LogP contribution in [-0.2, 0) is 4.79 Å². The van der Waals surface area contributed by atoms with E-state index in [-0.39, 0.29) is 12.5 Å². The molecule has 0 aliphatic heterocycles. The average molecular weight is 346 g/mol. The van der Waals surface area contributed by atoms with Gasteiger partial charge in [0.25, 0.3) is 0 Å². The standard InChI is InChI=1S/C17H16BrNO2/c18-15-9-5-4-6-13(15)10-11-17(21)19-12-16(20)14-7-2-1-3-8-14/h1-11,16,20H,12H2,(H,19,21)/b11-10+. The predicted molar refractivity (Wildman–Crippen MR) is 87.6 cm³/mol. The molecule has 0 aliphatic rings. The Kier molecular flexibility index (Phi) is 5.72. The minimum Gasteiger partial charge on any atom is -0.387 e. The molecule has 0 fully saturated rings. The maximum Gasteiger partial charge on any atom is 0.244 e. The number of carbonyl (C=O) groups excluding carboxylic acids is 1. The Morgan fingerprint density at radius 3 is 2.52 bits per heavy atom. The van der Waals surface area contributed by atoms with Gasteiger partial charge in [-0.05, 0) is 23.3 Å². The molecule has 0 bridgehead atoms. The van der Waals surface area contributed by atoms with Gasteiger partial charge in [0.15, 0.2) is 0 Å². The van der Waals surface area contributed by atoms with Crippen molar-refractivity contribution in [3.05, 3.63) is 76.3 Å². The number of halogens is 1. The summed E-state index contributed by atoms with van der Waals surface area (Å²) in [7, 11) is 0. The molecule has 1 unspecified atom stereocenters. The third-order valence-corrected chi connectivity index (χ3v) is 3.70. The maximum absolute atomic E-state index is 11.7. The second-order valence-electron chi connectivity index (χ2n) is 4.53. The van der Waals surface area contributed by atoms with Crippen LogP contribution >= 0.6 is 15.9 Å². The molecule has 0 saturated heterocycles. The molecule has 1 amide bonds. The Bertz CT molecular complexity index is 626. The summed E-state index contributed by atoms with van der Waals surface area (Å²) in [6.45, 7) is 0.184. The summed E-state index contributed by atoms with van der Waals surface area (Å²) < 4.78 is 0.929. The zero-order valence-corrected chi connectivity index (χ0v) is 13.0. The molecule has 2 rings (SSSR count). The number of aliphatic hydroxyl groups excluding tert-OH is 1. The number of nitrogens with one attached hydrogen (secondary N) is 1. The van der Waals surface area contributed by atoms with Gasteiger partial charge >= 0.3 is 0 Å². The van der Waals surface area contributed by atoms with Gasteiger partial charge in [0.05, 0.1) is 6.10 Å². The number of amides is 1. The van der Waals surface area contributed by atoms with Crippen molar-refractivity contribution in [2.45, 2.75) is 6.10 Å². The second-order valence-corrected chi connectivity index (χ2v) is 5.38. The molecule has 2 N–H and O–H groups in total. The lowest BCUT2D eigenvalue weighted by molar-refractivity contribution is -0.116. The van der Waals surface area contributed by atoms with Crippen molar-refractivity contribution < 1.29 is 9.90 Å². The molecule has 108 valence electrons. The first-order chi connectivity index (χ1) is 10.2. The quantitative estimate of drug-likeness (QED) is 0.816. The summed E-state index contributed by atoms with van der Waals surface area (Å²) in [4.78, 5) is 11.7. The molecule has 0 saturated carbocycles. The van der Waals surface area contributed by atoms with Crippen LogP contribution in [-0.4, -0.2) is 17.6 Å². The monoisotopic (exact) mass is 345 g/mol. The summed E-state index contributed by atoms with van der Waals surface area (Å²) in [5.41, 5.74) is 1.71. The van der Waals surface area contributed by atoms with Gasteiger partial charge in [0.1, 0.15) is 0 Å². The predicted octanol–water partition coefficient (Wildman–Crippen LogP) is 3.31. The molecule has 0 heterocycles. The normalized spacial score (nSPS) is 12.3. The lowest BCUT2D eigenvalue weighted by atomic mass is 10.1. The molecular weight excluding hydrogens is 330 g/mol. The van der Waals surface area contributed by atoms with Gasteiger partial charge in [-0.15, -0.1) is 0 Å². The van der Waals surface area contributed by atoms with E-state index < -0.39 is 6.10 Å². The van der Waals surface area contributed by atoms with E-state index >= 15 is 0 Å². The molecule has 21 heavy (non-hydrogen) atoms. The lowest BCUT2D eigenvalue weighted by Crippen LogP contribution is -2.26. The second kappa shape index (κ2) is 7.76. The van der Waals surface area contributed by atoms with Crippen LogP contribution < -0.4 is 5.32 Å². The van der Waals surface area contributed by atoms with Crippen LogP contribution in [0.2, 0.25) is 0 Å². The van der Waals surface area contributed by atoms with Crippen LogP contribution in [0.1, 0.15) is 17.2 Å². The first-order valence-electron chi connectivity index (χ1n) is 6.60. The van der Waals surface area contributed by atoms with Gasteiger partial charge in [-0.2, -0.15) is 0 Å². The van der Waals surface area contributed by atoms with Crippen molar-refractivity contribution in [3.63, 3.8) is 0 Å². The van der Waals surface area contributed by atoms with Crippen LogP contribution in [0.5, 0.6) is 0 Å². The molecular formula is C17H16BrNO2. The van der Waals surface area contributed by atoms with Crippen LogP contribution in [0.4, 0.5) is 0 Å². The highest BCUT2D eigenvalue weighted by atomic mass is 79.9. The van der Waals surface area contributed by atoms with Gasteiger partial charge < -0.3 is 10.4 Å². The Morgan fingerprint density at radius 2 is 1.81 bits per heavy atom. The SMILES string of the molecule is O=C(/C=C/c1ccccc1Br)NCC(O)c1ccccc1. The molecule has 4 heteroatoms. The van der Waals surface area contributed by atoms with Gasteiger partial charge in [0.2, 0.25) is 5.91 Å². The van der Waals surface area contributed by atoms with E-state index in [2.05, 4.69) is 21.2 Å². The number of hydrogen-bond acceptors (Lipinski definition) is 2. The van der Waals surface area contributed by atoms with E-state index in [1.54, 1.807) is 6.08 Å². The van der Waals surface area contributed by atoms with E-state index in [0.717, 1.165) is 15.6 Å². The number of carbonyl (C=O) groups is 1. The van der Waals surface area contributed by atoms with Gasteiger partial charge in [-0.1, -0.05) is 64.5 Å². The molecule has 2 aromatic carbocycles. The zero-order valence-electron chi connectivity index (χ0n) is 11.4. The van der Waals surface area contributed by atoms with Crippen molar-refractivity contribution >= 4 is 27.9 Å². The summed E-state index contributed by atoms with van der Waals surface area (Å²) in [6.07, 6.45) is 2.48. The zero-order chi connectivity index (χ0) is 15.1. The smallest absolute Gasteiger partial charge is 0.244 e. The Morgan fingerprint density at radius 1 is 1.14 bits per heavy atom. The highest BCUT2D eigenvalue weighted by Gasteiger charge is 2.07. The van der Waals surface area contributed by atoms with Crippen molar-refractivity contribution in [3.8, 4) is 0 Å². The Labute approximate surface area is 132 Å². The van der Waals surface area contributed by atoms with E-state index in [1.807, 2.05) is 54.6 Å². The van der Waals surface area contributed by atoms with E-state index in [1.165, 1.54) is 6.08 Å². The lowest BCUT2D eigenvalue weighted by Gasteiger charge is -2.10. The largest absolute Gasteiger partial charge is 0.387 e. The van der Waals surface area contributed by atoms with Crippen LogP contribution in [0.15, 0.2) is 65.1 Å². The fourth-order valence-electron chi connectivity index (χ4n) is 1.82. The minimum absolute atomic E-state index is 0.184. The minimum atomic E-state index is -0.702.